The van der Waals surface area contributed by atoms with Crippen LogP contribution >= 0.6 is 12.4 Å². The Hall–Kier alpha value is 0.199. The van der Waals surface area contributed by atoms with Crippen LogP contribution in [-0.4, -0.2) is 23.7 Å². The van der Waals surface area contributed by atoms with Crippen LogP contribution in [0.15, 0.2) is 0 Å². The predicted molar refractivity (Wildman–Crippen MR) is 45.8 cm³/mol. The van der Waals surface area contributed by atoms with Crippen molar-refractivity contribution in [3.05, 3.63) is 0 Å². The molecule has 0 bridgehead atoms. The first kappa shape index (κ1) is 18.1. The number of aliphatic carboxylic acids is 1. The number of nitrogens with two attached hydrogens (primary N) is 2. The van der Waals surface area contributed by atoms with Crippen LogP contribution < -0.4 is 11.5 Å². The van der Waals surface area contributed by atoms with Crippen LogP contribution in [0, 0.1) is 0 Å². The molecule has 73 valence electrons. The molecule has 0 spiro atoms. The molecule has 0 aromatic rings. The topological polar surface area (TPSA) is 89.3 Å². The second-order valence-corrected chi connectivity index (χ2v) is 2.23. The minimum atomic E-state index is -0.933. The van der Waals surface area contributed by atoms with Crippen molar-refractivity contribution in [2.75, 3.05) is 6.54 Å². The molecule has 1 atom stereocenters. The monoisotopic (exact) mass is 237 g/mol. The van der Waals surface area contributed by atoms with E-state index >= 15 is 0 Å². The third kappa shape index (κ3) is 10.2. The molecule has 0 aliphatic rings. The van der Waals surface area contributed by atoms with Crippen LogP contribution in [0.2, 0.25) is 0 Å². The Morgan fingerprint density at radius 2 is 1.92 bits per heavy atom. The molecule has 12 heavy (non-hydrogen) atoms. The molecule has 4 nitrogen and oxygen atoms in total. The van der Waals surface area contributed by atoms with Crippen LogP contribution in [0.4, 0.5) is 0 Å². The number of carboxylic acids is 1. The van der Waals surface area contributed by atoms with E-state index in [-0.39, 0.29) is 29.5 Å². The van der Waals surface area contributed by atoms with Crippen LogP contribution in [0.1, 0.15) is 19.3 Å². The maximum Gasteiger partial charge on any atom is 2.00 e. The van der Waals surface area contributed by atoms with Gasteiger partial charge in [-0.15, -0.1) is 12.4 Å². The standard InChI is InChI=1S/C6H14N2O2.ClH.Mn/c7-4-2-1-3-5(8)6(9)10;;/h5H,1-4,7-8H2,(H,9,10);1H;/q;;+2. The summed E-state index contributed by atoms with van der Waals surface area (Å²) in [5.74, 6) is -0.933. The maximum absolute atomic E-state index is 10.1. The maximum atomic E-state index is 10.1. The molecule has 0 aromatic carbocycles. The van der Waals surface area contributed by atoms with Crippen molar-refractivity contribution in [1.82, 2.24) is 0 Å². The zero-order valence-corrected chi connectivity index (χ0v) is 8.70. The van der Waals surface area contributed by atoms with Gasteiger partial charge in [0, 0.05) is 0 Å². The number of unbranched alkanes of at least 4 members (excludes halogenated alkanes) is 1. The predicted octanol–water partition coefficient (Wildman–Crippen LogP) is -0.0534. The molecule has 0 fully saturated rings. The first-order valence-electron chi connectivity index (χ1n) is 3.37. The summed E-state index contributed by atoms with van der Waals surface area (Å²) in [7, 11) is 0. The summed E-state index contributed by atoms with van der Waals surface area (Å²) in [5.41, 5.74) is 10.4. The van der Waals surface area contributed by atoms with Crippen molar-refractivity contribution in [3.8, 4) is 0 Å². The van der Waals surface area contributed by atoms with Gasteiger partial charge in [-0.2, -0.15) is 0 Å². The summed E-state index contributed by atoms with van der Waals surface area (Å²) >= 11 is 0. The fraction of sp³-hybridized carbons (Fsp3) is 0.833. The Morgan fingerprint density at radius 3 is 2.25 bits per heavy atom. The summed E-state index contributed by atoms with van der Waals surface area (Å²) in [6.45, 7) is 0.604. The van der Waals surface area contributed by atoms with E-state index in [0.29, 0.717) is 13.0 Å². The number of carboxylic acid groups (broad SMARTS) is 1. The summed E-state index contributed by atoms with van der Waals surface area (Å²) in [5, 5.41) is 8.33. The van der Waals surface area contributed by atoms with E-state index in [1.807, 2.05) is 0 Å². The zero-order chi connectivity index (χ0) is 7.98. The first-order valence-corrected chi connectivity index (χ1v) is 3.37. The smallest absolute Gasteiger partial charge is 0.480 e. The van der Waals surface area contributed by atoms with Crippen molar-refractivity contribution in [1.29, 1.82) is 0 Å². The minimum absolute atomic E-state index is 0. The van der Waals surface area contributed by atoms with Crippen molar-refractivity contribution in [2.45, 2.75) is 25.3 Å². The molecule has 0 saturated carbocycles. The Labute approximate surface area is 88.9 Å². The molecule has 0 saturated heterocycles. The van der Waals surface area contributed by atoms with Crippen molar-refractivity contribution in [2.24, 2.45) is 11.5 Å². The van der Waals surface area contributed by atoms with E-state index in [1.54, 1.807) is 0 Å². The van der Waals surface area contributed by atoms with Gasteiger partial charge >= 0.3 is 23.0 Å². The molecular formula is C6H15ClMnN2O2+2. The molecule has 5 N–H and O–H groups in total. The number of carbonyl (C=O) groups is 1. The number of rotatable bonds is 5. The molecule has 0 amide bonds. The second-order valence-electron chi connectivity index (χ2n) is 2.23. The third-order valence-corrected chi connectivity index (χ3v) is 1.29. The first-order chi connectivity index (χ1) is 4.68. The Morgan fingerprint density at radius 1 is 1.42 bits per heavy atom. The summed E-state index contributed by atoms with van der Waals surface area (Å²) in [6.07, 6.45) is 2.16. The van der Waals surface area contributed by atoms with Crippen LogP contribution in [0.25, 0.3) is 0 Å². The Balaban J connectivity index is -0.000000405. The second kappa shape index (κ2) is 11.2. The normalized spacial score (nSPS) is 10.8. The van der Waals surface area contributed by atoms with Gasteiger partial charge in [-0.1, -0.05) is 6.42 Å². The van der Waals surface area contributed by atoms with Gasteiger partial charge in [0.2, 0.25) is 0 Å². The molecule has 6 heteroatoms. The van der Waals surface area contributed by atoms with Crippen LogP contribution in [0.5, 0.6) is 0 Å². The fourth-order valence-corrected chi connectivity index (χ4v) is 0.632. The minimum Gasteiger partial charge on any atom is -0.480 e. The molecule has 0 rings (SSSR count). The fourth-order valence-electron chi connectivity index (χ4n) is 0.632. The summed E-state index contributed by atoms with van der Waals surface area (Å²) in [6, 6.07) is -0.716. The van der Waals surface area contributed by atoms with Crippen LogP contribution in [0.3, 0.4) is 0 Å². The SMILES string of the molecule is Cl.NCCCCC(N)C(=O)O.[Mn+2]. The van der Waals surface area contributed by atoms with Crippen molar-refractivity contribution >= 4 is 18.4 Å². The van der Waals surface area contributed by atoms with E-state index in [9.17, 15) is 4.79 Å². The molecular weight excluding hydrogens is 222 g/mol. The quantitative estimate of drug-likeness (QED) is 0.462. The van der Waals surface area contributed by atoms with E-state index in [4.69, 9.17) is 16.6 Å². The number of halogens is 1. The van der Waals surface area contributed by atoms with Gasteiger partial charge in [-0.05, 0) is 19.4 Å². The zero-order valence-electron chi connectivity index (χ0n) is 6.70. The Bertz CT molecular complexity index is 116. The summed E-state index contributed by atoms with van der Waals surface area (Å²) in [4.78, 5) is 10.1. The van der Waals surface area contributed by atoms with Gasteiger partial charge in [-0.25, -0.2) is 0 Å². The number of hydrogen-bond acceptors (Lipinski definition) is 3. The molecule has 0 aromatic heterocycles. The van der Waals surface area contributed by atoms with Gasteiger partial charge < -0.3 is 16.6 Å². The average Bonchev–Trinajstić information content (AvgIpc) is 1.88. The molecule has 0 aliphatic heterocycles. The van der Waals surface area contributed by atoms with Gasteiger partial charge in [0.1, 0.15) is 6.04 Å². The van der Waals surface area contributed by atoms with Gasteiger partial charge in [0.25, 0.3) is 0 Å². The molecule has 1 unspecified atom stereocenters. The van der Waals surface area contributed by atoms with E-state index in [0.717, 1.165) is 12.8 Å². The third-order valence-electron chi connectivity index (χ3n) is 1.29. The molecule has 0 heterocycles. The van der Waals surface area contributed by atoms with Gasteiger partial charge in [0.15, 0.2) is 0 Å². The van der Waals surface area contributed by atoms with Crippen molar-refractivity contribution < 1.29 is 27.0 Å². The Kier molecular flexibility index (Phi) is 16.9. The average molecular weight is 238 g/mol. The largest absolute Gasteiger partial charge is 2.00 e. The molecule has 1 radical (unpaired) electrons. The summed E-state index contributed by atoms with van der Waals surface area (Å²) < 4.78 is 0. The molecule has 0 aliphatic carbocycles. The van der Waals surface area contributed by atoms with E-state index < -0.39 is 12.0 Å². The van der Waals surface area contributed by atoms with Gasteiger partial charge in [-0.3, -0.25) is 4.79 Å². The van der Waals surface area contributed by atoms with E-state index in [2.05, 4.69) is 0 Å². The van der Waals surface area contributed by atoms with Crippen molar-refractivity contribution in [3.63, 3.8) is 0 Å². The number of hydrogen-bond donors (Lipinski definition) is 3. The van der Waals surface area contributed by atoms with Gasteiger partial charge in [0.05, 0.1) is 0 Å². The van der Waals surface area contributed by atoms with Crippen LogP contribution in [-0.2, 0) is 21.9 Å². The van der Waals surface area contributed by atoms with E-state index in [1.165, 1.54) is 0 Å².